The van der Waals surface area contributed by atoms with E-state index in [-0.39, 0.29) is 16.2 Å². The third-order valence-electron chi connectivity index (χ3n) is 6.33. The Morgan fingerprint density at radius 3 is 1.45 bits per heavy atom. The fraction of sp³-hybridized carbons (Fsp3) is 0.667. The van der Waals surface area contributed by atoms with Gasteiger partial charge in [0, 0.05) is 16.4 Å². The molecule has 0 bridgehead atoms. The second kappa shape index (κ2) is 3.72. The van der Waals surface area contributed by atoms with Gasteiger partial charge in [0.25, 0.3) is 5.79 Å². The van der Waals surface area contributed by atoms with Gasteiger partial charge in [-0.05, 0) is 27.7 Å². The lowest BCUT2D eigenvalue weighted by Gasteiger charge is -2.46. The minimum atomic E-state index is -0.785. The number of fused-ring (bicyclic) bond motifs is 1. The van der Waals surface area contributed by atoms with E-state index in [1.807, 2.05) is 0 Å². The molecule has 0 N–H and O–H groups in total. The smallest absolute Gasteiger partial charge is 0.280 e. The van der Waals surface area contributed by atoms with Crippen LogP contribution >= 0.6 is 0 Å². The van der Waals surface area contributed by atoms with Gasteiger partial charge in [0.15, 0.2) is 0 Å². The third kappa shape index (κ3) is 1.26. The molecule has 2 saturated heterocycles. The van der Waals surface area contributed by atoms with Crippen molar-refractivity contribution in [3.05, 3.63) is 35.8 Å². The fourth-order valence-electron chi connectivity index (χ4n) is 3.85. The van der Waals surface area contributed by atoms with Gasteiger partial charge in [-0.15, -0.1) is 0 Å². The van der Waals surface area contributed by atoms with E-state index in [1.165, 1.54) is 5.57 Å². The molecule has 112 valence electrons. The van der Waals surface area contributed by atoms with Crippen molar-refractivity contribution >= 4 is 0 Å². The molecule has 0 aliphatic carbocycles. The van der Waals surface area contributed by atoms with E-state index in [0.717, 1.165) is 17.1 Å². The summed E-state index contributed by atoms with van der Waals surface area (Å²) in [4.78, 5) is 0. The highest BCUT2D eigenvalue weighted by molar-refractivity contribution is 5.39. The lowest BCUT2D eigenvalue weighted by Crippen LogP contribution is -2.52. The van der Waals surface area contributed by atoms with E-state index < -0.39 is 5.79 Å². The molecule has 0 amide bonds. The Morgan fingerprint density at radius 2 is 1.15 bits per heavy atom. The highest BCUT2D eigenvalue weighted by atomic mass is 16.7. The molecule has 0 radical (unpaired) electrons. The molecule has 0 saturated carbocycles. The van der Waals surface area contributed by atoms with E-state index in [4.69, 9.17) is 9.47 Å². The first-order chi connectivity index (χ1) is 8.86. The fourth-order valence-corrected chi connectivity index (χ4v) is 3.85. The van der Waals surface area contributed by atoms with E-state index in [9.17, 15) is 0 Å². The summed E-state index contributed by atoms with van der Waals surface area (Å²) in [5.41, 5.74) is 1.67. The first-order valence-corrected chi connectivity index (χ1v) is 7.27. The molecule has 2 heterocycles. The minimum Gasteiger partial charge on any atom is -0.452 e. The lowest BCUT2D eigenvalue weighted by molar-refractivity contribution is -0.170. The van der Waals surface area contributed by atoms with Crippen molar-refractivity contribution in [2.24, 2.45) is 16.2 Å². The molecule has 0 aromatic heterocycles. The zero-order chi connectivity index (χ0) is 15.7. The van der Waals surface area contributed by atoms with E-state index >= 15 is 0 Å². The van der Waals surface area contributed by atoms with Crippen molar-refractivity contribution in [1.29, 1.82) is 0 Å². The summed E-state index contributed by atoms with van der Waals surface area (Å²) in [5, 5.41) is 0. The van der Waals surface area contributed by atoms with Gasteiger partial charge in [-0.25, -0.2) is 0 Å². The van der Waals surface area contributed by atoms with Crippen molar-refractivity contribution in [3.63, 3.8) is 0 Å². The quantitative estimate of drug-likeness (QED) is 0.614. The van der Waals surface area contributed by atoms with Gasteiger partial charge in [-0.3, -0.25) is 0 Å². The van der Waals surface area contributed by atoms with Gasteiger partial charge < -0.3 is 9.47 Å². The zero-order valence-corrected chi connectivity index (χ0v) is 14.2. The molecule has 2 fully saturated rings. The highest BCUT2D eigenvalue weighted by Gasteiger charge is 2.78. The Labute approximate surface area is 123 Å². The molecule has 0 atom stereocenters. The molecule has 0 aromatic rings. The maximum absolute atomic E-state index is 6.28. The molecule has 0 aromatic carbocycles. The first kappa shape index (κ1) is 15.2. The Balaban J connectivity index is 2.85. The van der Waals surface area contributed by atoms with Gasteiger partial charge in [-0.2, -0.15) is 0 Å². The minimum absolute atomic E-state index is 0.202. The monoisotopic (exact) mass is 276 g/mol. The van der Waals surface area contributed by atoms with Gasteiger partial charge in [0.1, 0.15) is 11.5 Å². The molecule has 0 spiro atoms. The van der Waals surface area contributed by atoms with Gasteiger partial charge in [0.05, 0.1) is 5.41 Å². The van der Waals surface area contributed by atoms with Crippen molar-refractivity contribution in [2.45, 2.75) is 61.2 Å². The first-order valence-electron chi connectivity index (χ1n) is 7.27. The maximum atomic E-state index is 6.28. The Morgan fingerprint density at radius 1 is 0.800 bits per heavy atom. The normalized spacial score (nSPS) is 37.2. The molecule has 2 heteroatoms. The molecule has 0 unspecified atom stereocenters. The number of ether oxygens (including phenoxy) is 2. The average molecular weight is 276 g/mol. The number of hydrogen-bond acceptors (Lipinski definition) is 2. The SMILES string of the molecule is C=C1OC2(C(C)=C(C)C)OC(=C)C(C)(C)C2(C)C1(C)C. The lowest BCUT2D eigenvalue weighted by atomic mass is 9.51. The maximum Gasteiger partial charge on any atom is 0.280 e. The summed E-state index contributed by atoms with van der Waals surface area (Å²) < 4.78 is 12.6. The van der Waals surface area contributed by atoms with Crippen LogP contribution in [0.5, 0.6) is 0 Å². The molecular formula is C18H28O2. The van der Waals surface area contributed by atoms with E-state index in [2.05, 4.69) is 68.5 Å². The van der Waals surface area contributed by atoms with E-state index in [0.29, 0.717) is 0 Å². The summed E-state index contributed by atoms with van der Waals surface area (Å²) in [7, 11) is 0. The van der Waals surface area contributed by atoms with Crippen LogP contribution < -0.4 is 0 Å². The Kier molecular flexibility index (Phi) is 2.83. The van der Waals surface area contributed by atoms with Crippen LogP contribution in [-0.2, 0) is 9.47 Å². The van der Waals surface area contributed by atoms with Crippen LogP contribution in [-0.4, -0.2) is 5.79 Å². The Hall–Kier alpha value is -1.18. The van der Waals surface area contributed by atoms with Crippen LogP contribution in [0.25, 0.3) is 0 Å². The van der Waals surface area contributed by atoms with Crippen molar-refractivity contribution in [1.82, 2.24) is 0 Å². The predicted octanol–water partition coefficient (Wildman–Crippen LogP) is 5.19. The second-order valence-corrected chi connectivity index (χ2v) is 7.67. The van der Waals surface area contributed by atoms with Crippen molar-refractivity contribution in [3.8, 4) is 0 Å². The van der Waals surface area contributed by atoms with Gasteiger partial charge in [0.2, 0.25) is 0 Å². The van der Waals surface area contributed by atoms with E-state index in [1.54, 1.807) is 0 Å². The summed E-state index contributed by atoms with van der Waals surface area (Å²) in [6.45, 7) is 25.6. The number of hydrogen-bond donors (Lipinski definition) is 0. The van der Waals surface area contributed by atoms with Crippen LogP contribution in [0.4, 0.5) is 0 Å². The Bertz CT molecular complexity index is 498. The third-order valence-corrected chi connectivity index (χ3v) is 6.33. The average Bonchev–Trinajstić information content (AvgIpc) is 2.57. The summed E-state index contributed by atoms with van der Waals surface area (Å²) in [6, 6.07) is 0. The number of rotatable bonds is 1. The van der Waals surface area contributed by atoms with Crippen LogP contribution in [0.15, 0.2) is 35.8 Å². The molecule has 2 aliphatic heterocycles. The van der Waals surface area contributed by atoms with Crippen molar-refractivity contribution in [2.75, 3.05) is 0 Å². The van der Waals surface area contributed by atoms with Crippen LogP contribution in [0.2, 0.25) is 0 Å². The molecular weight excluding hydrogens is 248 g/mol. The highest BCUT2D eigenvalue weighted by Crippen LogP contribution is 2.75. The standard InChI is InChI=1S/C18H28O2/c1-11(2)12(3)18-17(10,15(6,7)13(4)19-18)16(8,9)14(5)20-18/h4-5H2,1-3,6-10H3. The topological polar surface area (TPSA) is 18.5 Å². The summed E-state index contributed by atoms with van der Waals surface area (Å²) >= 11 is 0. The van der Waals surface area contributed by atoms with Crippen molar-refractivity contribution < 1.29 is 9.47 Å². The molecule has 2 rings (SSSR count). The zero-order valence-electron chi connectivity index (χ0n) is 14.2. The molecule has 2 aliphatic rings. The summed E-state index contributed by atoms with van der Waals surface area (Å²) in [5.74, 6) is 0.801. The van der Waals surface area contributed by atoms with Gasteiger partial charge >= 0.3 is 0 Å². The van der Waals surface area contributed by atoms with Crippen LogP contribution in [0.1, 0.15) is 55.4 Å². The second-order valence-electron chi connectivity index (χ2n) is 7.67. The summed E-state index contributed by atoms with van der Waals surface area (Å²) in [6.07, 6.45) is 0. The van der Waals surface area contributed by atoms with Crippen LogP contribution in [0, 0.1) is 16.2 Å². The largest absolute Gasteiger partial charge is 0.452 e. The predicted molar refractivity (Wildman–Crippen MR) is 82.9 cm³/mol. The van der Waals surface area contributed by atoms with Crippen LogP contribution in [0.3, 0.4) is 0 Å². The molecule has 20 heavy (non-hydrogen) atoms. The van der Waals surface area contributed by atoms with Gasteiger partial charge in [-0.1, -0.05) is 46.4 Å². The number of allylic oxidation sites excluding steroid dienone is 3. The molecule has 2 nitrogen and oxygen atoms in total.